The van der Waals surface area contributed by atoms with E-state index in [2.05, 4.69) is 5.16 Å². The van der Waals surface area contributed by atoms with E-state index in [1.165, 1.54) is 19.1 Å². The molecule has 1 aliphatic heterocycles. The van der Waals surface area contributed by atoms with E-state index in [-0.39, 0.29) is 12.6 Å². The van der Waals surface area contributed by atoms with Gasteiger partial charge in [0.2, 0.25) is 0 Å². The minimum Gasteiger partial charge on any atom is -0.493 e. The number of amides is 1. The maximum absolute atomic E-state index is 12.2. The Labute approximate surface area is 129 Å². The molecule has 1 atom stereocenters. The van der Waals surface area contributed by atoms with Crippen LogP contribution in [0.5, 0.6) is 11.5 Å². The second kappa shape index (κ2) is 6.55. The van der Waals surface area contributed by atoms with Gasteiger partial charge in [-0.15, -0.1) is 0 Å². The van der Waals surface area contributed by atoms with E-state index in [4.69, 9.17) is 14.2 Å². The van der Waals surface area contributed by atoms with Crippen LogP contribution in [0.1, 0.15) is 25.8 Å². The van der Waals surface area contributed by atoms with Gasteiger partial charge in [-0.1, -0.05) is 5.16 Å². The summed E-state index contributed by atoms with van der Waals surface area (Å²) in [6.45, 7) is 3.90. The number of carbonyl (C=O) groups excluding carboxylic acids is 1. The van der Waals surface area contributed by atoms with Crippen LogP contribution in [0.3, 0.4) is 0 Å². The average molecular weight is 308 g/mol. The van der Waals surface area contributed by atoms with E-state index in [9.17, 15) is 10.0 Å². The van der Waals surface area contributed by atoms with Crippen LogP contribution in [0.4, 0.5) is 10.5 Å². The Morgan fingerprint density at radius 1 is 1.36 bits per heavy atom. The van der Waals surface area contributed by atoms with Gasteiger partial charge in [-0.05, 0) is 19.9 Å². The number of anilines is 1. The summed E-state index contributed by atoms with van der Waals surface area (Å²) in [5.41, 5.74) is 1.68. The molecule has 0 saturated carbocycles. The zero-order chi connectivity index (χ0) is 16.3. The van der Waals surface area contributed by atoms with Crippen molar-refractivity contribution in [2.24, 2.45) is 5.16 Å². The zero-order valence-electron chi connectivity index (χ0n) is 13.1. The van der Waals surface area contributed by atoms with Crippen molar-refractivity contribution in [3.63, 3.8) is 0 Å². The summed E-state index contributed by atoms with van der Waals surface area (Å²) in [5, 5.41) is 12.6. The average Bonchev–Trinajstić information content (AvgIpc) is 2.52. The van der Waals surface area contributed by atoms with Crippen molar-refractivity contribution in [3.8, 4) is 11.5 Å². The number of carbonyl (C=O) groups is 1. The smallest absolute Gasteiger partial charge is 0.414 e. The van der Waals surface area contributed by atoms with Crippen molar-refractivity contribution >= 4 is 17.5 Å². The predicted octanol–water partition coefficient (Wildman–Crippen LogP) is 2.64. The summed E-state index contributed by atoms with van der Waals surface area (Å²) in [4.78, 5) is 13.8. The number of nitrogens with zero attached hydrogens (tertiary/aromatic N) is 2. The number of hydrogen-bond donors (Lipinski definition) is 1. The van der Waals surface area contributed by atoms with E-state index < -0.39 is 6.09 Å². The Morgan fingerprint density at radius 2 is 2.00 bits per heavy atom. The molecule has 1 amide bonds. The van der Waals surface area contributed by atoms with Gasteiger partial charge < -0.3 is 19.4 Å². The Kier molecular flexibility index (Phi) is 4.75. The quantitative estimate of drug-likeness (QED) is 0.686. The van der Waals surface area contributed by atoms with Crippen LogP contribution in [-0.4, -0.2) is 43.9 Å². The van der Waals surface area contributed by atoms with E-state index in [1.54, 1.807) is 19.1 Å². The molecule has 22 heavy (non-hydrogen) atoms. The number of benzene rings is 1. The Balaban J connectivity index is 2.61. The van der Waals surface area contributed by atoms with Crippen molar-refractivity contribution in [1.29, 1.82) is 0 Å². The standard InChI is InChI=1S/C15H20N2O5/c1-5-22-15(18)17-9(2)6-11(16-19)10-7-13(20-3)14(21-4)8-12(10)17/h7-9,19H,5-6H2,1-4H3. The number of oxime groups is 1. The highest BCUT2D eigenvalue weighted by molar-refractivity contribution is 6.11. The number of ether oxygens (including phenoxy) is 3. The highest BCUT2D eigenvalue weighted by Crippen LogP contribution is 2.40. The highest BCUT2D eigenvalue weighted by atomic mass is 16.6. The van der Waals surface area contributed by atoms with Gasteiger partial charge in [0.15, 0.2) is 11.5 Å². The molecular weight excluding hydrogens is 288 g/mol. The van der Waals surface area contributed by atoms with E-state index in [0.717, 1.165) is 0 Å². The van der Waals surface area contributed by atoms with Gasteiger partial charge in [-0.25, -0.2) is 4.79 Å². The summed E-state index contributed by atoms with van der Waals surface area (Å²) >= 11 is 0. The van der Waals surface area contributed by atoms with Crippen LogP contribution in [0.15, 0.2) is 17.3 Å². The molecule has 0 spiro atoms. The van der Waals surface area contributed by atoms with Crippen LogP contribution in [0.25, 0.3) is 0 Å². The van der Waals surface area contributed by atoms with E-state index >= 15 is 0 Å². The van der Waals surface area contributed by atoms with Gasteiger partial charge in [0.05, 0.1) is 32.2 Å². The van der Waals surface area contributed by atoms with Crippen molar-refractivity contribution in [1.82, 2.24) is 0 Å². The van der Waals surface area contributed by atoms with Crippen molar-refractivity contribution in [3.05, 3.63) is 17.7 Å². The first-order valence-corrected chi connectivity index (χ1v) is 7.00. The third-order valence-electron chi connectivity index (χ3n) is 3.59. The normalized spacial score (nSPS) is 18.8. The molecule has 1 aromatic carbocycles. The molecule has 1 aliphatic rings. The predicted molar refractivity (Wildman–Crippen MR) is 81.4 cm³/mol. The Hall–Kier alpha value is -2.44. The largest absolute Gasteiger partial charge is 0.493 e. The molecule has 1 N–H and O–H groups in total. The molecule has 0 radical (unpaired) electrons. The third-order valence-corrected chi connectivity index (χ3v) is 3.59. The van der Waals surface area contributed by atoms with Gasteiger partial charge >= 0.3 is 6.09 Å². The molecule has 0 fully saturated rings. The maximum atomic E-state index is 12.2. The lowest BCUT2D eigenvalue weighted by molar-refractivity contribution is 0.157. The first-order chi connectivity index (χ1) is 10.6. The lowest BCUT2D eigenvalue weighted by Crippen LogP contribution is -2.44. The lowest BCUT2D eigenvalue weighted by Gasteiger charge is -2.35. The molecule has 1 aromatic rings. The van der Waals surface area contributed by atoms with Gasteiger partial charge in [0.1, 0.15) is 0 Å². The number of methoxy groups -OCH3 is 2. The fourth-order valence-electron chi connectivity index (χ4n) is 2.58. The molecule has 1 heterocycles. The Morgan fingerprint density at radius 3 is 2.55 bits per heavy atom. The molecule has 1 unspecified atom stereocenters. The number of rotatable bonds is 3. The van der Waals surface area contributed by atoms with Crippen molar-refractivity contribution < 1.29 is 24.2 Å². The van der Waals surface area contributed by atoms with Crippen LogP contribution < -0.4 is 14.4 Å². The molecular formula is C15H20N2O5. The Bertz CT molecular complexity index is 600. The summed E-state index contributed by atoms with van der Waals surface area (Å²) in [6, 6.07) is 3.18. The van der Waals surface area contributed by atoms with Crippen LogP contribution in [-0.2, 0) is 4.74 Å². The summed E-state index contributed by atoms with van der Waals surface area (Å²) in [6.07, 6.45) is -0.0295. The van der Waals surface area contributed by atoms with Gasteiger partial charge in [-0.2, -0.15) is 0 Å². The van der Waals surface area contributed by atoms with Crippen LogP contribution in [0, 0.1) is 0 Å². The lowest BCUT2D eigenvalue weighted by atomic mass is 9.94. The molecule has 7 heteroatoms. The third kappa shape index (κ3) is 2.66. The molecule has 7 nitrogen and oxygen atoms in total. The fraction of sp³-hybridized carbons (Fsp3) is 0.467. The first kappa shape index (κ1) is 15.9. The molecule has 120 valence electrons. The summed E-state index contributed by atoms with van der Waals surface area (Å²) in [7, 11) is 3.04. The van der Waals surface area contributed by atoms with Crippen molar-refractivity contribution in [2.45, 2.75) is 26.3 Å². The SMILES string of the molecule is CCOC(=O)N1c2cc(OC)c(OC)cc2C(=NO)CC1C. The monoisotopic (exact) mass is 308 g/mol. The molecule has 0 saturated heterocycles. The highest BCUT2D eigenvalue weighted by Gasteiger charge is 2.34. The second-order valence-electron chi connectivity index (χ2n) is 4.89. The molecule has 0 bridgehead atoms. The van der Waals surface area contributed by atoms with E-state index in [1.807, 2.05) is 6.92 Å². The zero-order valence-corrected chi connectivity index (χ0v) is 13.1. The van der Waals surface area contributed by atoms with Gasteiger partial charge in [0, 0.05) is 24.1 Å². The second-order valence-corrected chi connectivity index (χ2v) is 4.89. The fourth-order valence-corrected chi connectivity index (χ4v) is 2.58. The minimum absolute atomic E-state index is 0.199. The first-order valence-electron chi connectivity index (χ1n) is 7.00. The van der Waals surface area contributed by atoms with Crippen LogP contribution in [0.2, 0.25) is 0 Å². The minimum atomic E-state index is -0.444. The number of hydrogen-bond acceptors (Lipinski definition) is 6. The molecule has 0 aromatic heterocycles. The molecule has 2 rings (SSSR count). The topological polar surface area (TPSA) is 80.6 Å². The van der Waals surface area contributed by atoms with Crippen molar-refractivity contribution in [2.75, 3.05) is 25.7 Å². The summed E-state index contributed by atoms with van der Waals surface area (Å²) in [5.74, 6) is 0.989. The van der Waals surface area contributed by atoms with E-state index in [0.29, 0.717) is 34.9 Å². The van der Waals surface area contributed by atoms with Gasteiger partial charge in [0.25, 0.3) is 0 Å². The van der Waals surface area contributed by atoms with Crippen LogP contribution >= 0.6 is 0 Å². The van der Waals surface area contributed by atoms with Gasteiger partial charge in [-0.3, -0.25) is 4.90 Å². The number of fused-ring (bicyclic) bond motifs is 1. The molecule has 0 aliphatic carbocycles. The maximum Gasteiger partial charge on any atom is 0.414 e. The summed E-state index contributed by atoms with van der Waals surface area (Å²) < 4.78 is 15.7.